The zero-order chi connectivity index (χ0) is 19.0. The number of hydrogen-bond acceptors (Lipinski definition) is 3. The Morgan fingerprint density at radius 2 is 1.89 bits per heavy atom. The van der Waals surface area contributed by atoms with E-state index in [-0.39, 0.29) is 22.9 Å². The lowest BCUT2D eigenvalue weighted by Crippen LogP contribution is -2.37. The fourth-order valence-corrected chi connectivity index (χ4v) is 3.33. The first-order chi connectivity index (χ1) is 13.0. The third kappa shape index (κ3) is 3.40. The molecule has 0 radical (unpaired) electrons. The standard InChI is InChI=1S/C20H14ClF2N3O/c21-15-2-1-3-16(23)18(15)20(27)26-9-8-17-13(11-26)10-24-19(25-17)12-4-6-14(22)7-5-12/h1-7,10H,8-9,11H2. The van der Waals surface area contributed by atoms with Crippen molar-refractivity contribution in [3.8, 4) is 11.4 Å². The van der Waals surface area contributed by atoms with Crippen molar-refractivity contribution in [2.45, 2.75) is 13.0 Å². The monoisotopic (exact) mass is 385 g/mol. The van der Waals surface area contributed by atoms with Gasteiger partial charge in [0.25, 0.3) is 5.91 Å². The number of benzene rings is 2. The van der Waals surface area contributed by atoms with Crippen LogP contribution in [0.3, 0.4) is 0 Å². The molecule has 4 nitrogen and oxygen atoms in total. The van der Waals surface area contributed by atoms with Gasteiger partial charge < -0.3 is 4.90 Å². The van der Waals surface area contributed by atoms with E-state index in [0.717, 1.165) is 16.8 Å². The van der Waals surface area contributed by atoms with Crippen molar-refractivity contribution in [3.63, 3.8) is 0 Å². The van der Waals surface area contributed by atoms with E-state index in [2.05, 4.69) is 9.97 Å². The van der Waals surface area contributed by atoms with Gasteiger partial charge >= 0.3 is 0 Å². The van der Waals surface area contributed by atoms with Crippen LogP contribution < -0.4 is 0 Å². The van der Waals surface area contributed by atoms with Gasteiger partial charge in [0.15, 0.2) is 5.82 Å². The Balaban J connectivity index is 1.59. The molecule has 136 valence electrons. The molecule has 1 aromatic heterocycles. The number of carbonyl (C=O) groups excluding carboxylic acids is 1. The summed E-state index contributed by atoms with van der Waals surface area (Å²) in [5.74, 6) is -0.907. The molecular formula is C20H14ClF2N3O. The van der Waals surface area contributed by atoms with Gasteiger partial charge in [-0.15, -0.1) is 0 Å². The third-order valence-corrected chi connectivity index (χ3v) is 4.82. The molecule has 1 aliphatic heterocycles. The maximum absolute atomic E-state index is 14.0. The van der Waals surface area contributed by atoms with Crippen molar-refractivity contribution >= 4 is 17.5 Å². The van der Waals surface area contributed by atoms with E-state index in [1.807, 2.05) is 0 Å². The minimum absolute atomic E-state index is 0.0914. The maximum Gasteiger partial charge on any atom is 0.258 e. The van der Waals surface area contributed by atoms with Crippen LogP contribution in [0.25, 0.3) is 11.4 Å². The van der Waals surface area contributed by atoms with Crippen LogP contribution in [-0.2, 0) is 13.0 Å². The quantitative estimate of drug-likeness (QED) is 0.661. The number of carbonyl (C=O) groups is 1. The molecule has 0 unspecified atom stereocenters. The molecule has 0 bridgehead atoms. The summed E-state index contributed by atoms with van der Waals surface area (Å²) in [4.78, 5) is 23.1. The van der Waals surface area contributed by atoms with Gasteiger partial charge in [-0.25, -0.2) is 18.7 Å². The zero-order valence-corrected chi connectivity index (χ0v) is 14.9. The highest BCUT2D eigenvalue weighted by Gasteiger charge is 2.26. The highest BCUT2D eigenvalue weighted by Crippen LogP contribution is 2.25. The summed E-state index contributed by atoms with van der Waals surface area (Å²) in [5, 5.41) is 0.0914. The second kappa shape index (κ2) is 7.04. The van der Waals surface area contributed by atoms with Gasteiger partial charge in [0.1, 0.15) is 11.6 Å². The summed E-state index contributed by atoms with van der Waals surface area (Å²) in [7, 11) is 0. The Morgan fingerprint density at radius 3 is 2.63 bits per heavy atom. The van der Waals surface area contributed by atoms with Gasteiger partial charge in [0, 0.05) is 36.8 Å². The van der Waals surface area contributed by atoms with Crippen molar-refractivity contribution < 1.29 is 13.6 Å². The number of nitrogens with zero attached hydrogens (tertiary/aromatic N) is 3. The Morgan fingerprint density at radius 1 is 1.11 bits per heavy atom. The lowest BCUT2D eigenvalue weighted by Gasteiger charge is -2.28. The van der Waals surface area contributed by atoms with Gasteiger partial charge in [-0.2, -0.15) is 0 Å². The molecule has 0 spiro atoms. The van der Waals surface area contributed by atoms with Crippen molar-refractivity contribution in [1.82, 2.24) is 14.9 Å². The molecule has 0 aliphatic carbocycles. The summed E-state index contributed by atoms with van der Waals surface area (Å²) < 4.78 is 27.1. The minimum Gasteiger partial charge on any atom is -0.334 e. The van der Waals surface area contributed by atoms with E-state index >= 15 is 0 Å². The van der Waals surface area contributed by atoms with Crippen molar-refractivity contribution in [1.29, 1.82) is 0 Å². The van der Waals surface area contributed by atoms with Gasteiger partial charge in [-0.05, 0) is 36.4 Å². The largest absolute Gasteiger partial charge is 0.334 e. The summed E-state index contributed by atoms with van der Waals surface area (Å²) in [6.45, 7) is 0.679. The molecule has 3 aromatic rings. The van der Waals surface area contributed by atoms with Crippen LogP contribution in [0.15, 0.2) is 48.7 Å². The molecule has 27 heavy (non-hydrogen) atoms. The average molecular weight is 386 g/mol. The number of halogens is 3. The van der Waals surface area contributed by atoms with Crippen LogP contribution in [0.1, 0.15) is 21.6 Å². The van der Waals surface area contributed by atoms with E-state index in [1.54, 1.807) is 18.3 Å². The second-order valence-corrected chi connectivity index (χ2v) is 6.65. The molecular weight excluding hydrogens is 372 g/mol. The molecule has 2 heterocycles. The van der Waals surface area contributed by atoms with Crippen LogP contribution in [0, 0.1) is 11.6 Å². The second-order valence-electron chi connectivity index (χ2n) is 6.25. The van der Waals surface area contributed by atoms with Crippen molar-refractivity contribution in [2.75, 3.05) is 6.54 Å². The number of hydrogen-bond donors (Lipinski definition) is 0. The maximum atomic E-state index is 14.0. The first kappa shape index (κ1) is 17.5. The highest BCUT2D eigenvalue weighted by molar-refractivity contribution is 6.33. The third-order valence-electron chi connectivity index (χ3n) is 4.50. The Hall–Kier alpha value is -2.86. The van der Waals surface area contributed by atoms with Gasteiger partial charge in [0.05, 0.1) is 16.3 Å². The molecule has 4 rings (SSSR count). The SMILES string of the molecule is O=C(c1c(F)cccc1Cl)N1CCc2nc(-c3ccc(F)cc3)ncc2C1. The zero-order valence-electron chi connectivity index (χ0n) is 14.1. The molecule has 0 saturated heterocycles. The summed E-state index contributed by atoms with van der Waals surface area (Å²) in [5.41, 5.74) is 2.23. The van der Waals surface area contributed by atoms with E-state index in [4.69, 9.17) is 11.6 Å². The van der Waals surface area contributed by atoms with Gasteiger partial charge in [-0.3, -0.25) is 4.79 Å². The van der Waals surface area contributed by atoms with Crippen LogP contribution >= 0.6 is 11.6 Å². The van der Waals surface area contributed by atoms with E-state index in [9.17, 15) is 13.6 Å². The first-order valence-corrected chi connectivity index (χ1v) is 8.75. The Kier molecular flexibility index (Phi) is 4.58. The summed E-state index contributed by atoms with van der Waals surface area (Å²) in [6.07, 6.45) is 2.17. The lowest BCUT2D eigenvalue weighted by atomic mass is 10.0. The molecule has 2 aromatic carbocycles. The molecule has 0 atom stereocenters. The number of aromatic nitrogens is 2. The van der Waals surface area contributed by atoms with Crippen LogP contribution in [-0.4, -0.2) is 27.3 Å². The van der Waals surface area contributed by atoms with Crippen molar-refractivity contribution in [2.24, 2.45) is 0 Å². The molecule has 7 heteroatoms. The van der Waals surface area contributed by atoms with Gasteiger partial charge in [0.2, 0.25) is 0 Å². The molecule has 1 amide bonds. The van der Waals surface area contributed by atoms with E-state index in [1.165, 1.54) is 35.2 Å². The van der Waals surface area contributed by atoms with Crippen molar-refractivity contribution in [3.05, 3.63) is 82.1 Å². The Labute approximate surface area is 159 Å². The topological polar surface area (TPSA) is 46.1 Å². The average Bonchev–Trinajstić information content (AvgIpc) is 2.67. The molecule has 1 aliphatic rings. The van der Waals surface area contributed by atoms with Crippen LogP contribution in [0.2, 0.25) is 5.02 Å². The predicted molar refractivity (Wildman–Crippen MR) is 97.3 cm³/mol. The first-order valence-electron chi connectivity index (χ1n) is 8.37. The fraction of sp³-hybridized carbons (Fsp3) is 0.150. The summed E-state index contributed by atoms with van der Waals surface area (Å²) >= 11 is 6.00. The van der Waals surface area contributed by atoms with E-state index < -0.39 is 11.7 Å². The van der Waals surface area contributed by atoms with Crippen LogP contribution in [0.5, 0.6) is 0 Å². The lowest BCUT2D eigenvalue weighted by molar-refractivity contribution is 0.0728. The number of rotatable bonds is 2. The normalized spacial score (nSPS) is 13.4. The minimum atomic E-state index is -0.638. The summed E-state index contributed by atoms with van der Waals surface area (Å²) in [6, 6.07) is 10.1. The molecule has 0 N–H and O–H groups in total. The highest BCUT2D eigenvalue weighted by atomic mass is 35.5. The fourth-order valence-electron chi connectivity index (χ4n) is 3.09. The smallest absolute Gasteiger partial charge is 0.258 e. The molecule has 0 fully saturated rings. The van der Waals surface area contributed by atoms with Gasteiger partial charge in [-0.1, -0.05) is 17.7 Å². The van der Waals surface area contributed by atoms with Crippen LogP contribution in [0.4, 0.5) is 8.78 Å². The Bertz CT molecular complexity index is 1000. The predicted octanol–water partition coefficient (Wildman–Crippen LogP) is 4.27. The molecule has 0 saturated carbocycles. The number of amides is 1. The van der Waals surface area contributed by atoms with E-state index in [0.29, 0.717) is 18.8 Å². The number of fused-ring (bicyclic) bond motifs is 1.